The molecule has 3 amide bonds. The Morgan fingerprint density at radius 1 is 1.15 bits per heavy atom. The van der Waals surface area contributed by atoms with E-state index in [0.29, 0.717) is 32.3 Å². The zero-order valence-corrected chi connectivity index (χ0v) is 19.3. The average molecular weight is 514 g/mol. The van der Waals surface area contributed by atoms with Gasteiger partial charge in [0, 0.05) is 24.4 Å². The van der Waals surface area contributed by atoms with E-state index < -0.39 is 42.2 Å². The quantitative estimate of drug-likeness (QED) is 0.405. The number of rotatable bonds is 6. The van der Waals surface area contributed by atoms with Gasteiger partial charge in [0.1, 0.15) is 0 Å². The Balaban J connectivity index is 0.00000408. The van der Waals surface area contributed by atoms with Gasteiger partial charge in [0.05, 0.1) is 22.5 Å². The number of aliphatic carboxylic acids is 1. The third kappa shape index (κ3) is 6.40. The zero-order valence-electron chi connectivity index (χ0n) is 17.8. The van der Waals surface area contributed by atoms with Gasteiger partial charge in [-0.15, -0.1) is 0 Å². The van der Waals surface area contributed by atoms with Gasteiger partial charge < -0.3 is 20.6 Å². The third-order valence-electron chi connectivity index (χ3n) is 5.14. The number of carboxylic acids is 1. The number of ketones is 1. The molecular weight excluding hydrogens is 492 g/mol. The van der Waals surface area contributed by atoms with Crippen molar-refractivity contribution in [3.8, 4) is 11.1 Å². The summed E-state index contributed by atoms with van der Waals surface area (Å²) in [5.41, 5.74) is 2.14. The van der Waals surface area contributed by atoms with Crippen molar-refractivity contribution in [1.29, 1.82) is 0 Å². The van der Waals surface area contributed by atoms with Crippen molar-refractivity contribution < 1.29 is 24.3 Å². The standard InChI is InChI=1S/C23H21Cl2N3O5.Na.H/c1-12-11-28(2)22(32)20(21(12)31)27-23(33)26-17(10-18(29)30)14-6-3-5-13(9-14)15-7-4-8-16(24)19(15)25;;/h3-9,11,17,20H,10H2,1-2H3,(H,29,30)(H2,26,27,33);;. The van der Waals surface area contributed by atoms with Gasteiger partial charge in [-0.25, -0.2) is 4.79 Å². The number of amides is 3. The Morgan fingerprint density at radius 3 is 2.50 bits per heavy atom. The minimum absolute atomic E-state index is 0. The van der Waals surface area contributed by atoms with Gasteiger partial charge in [-0.05, 0) is 30.2 Å². The molecule has 0 aliphatic carbocycles. The van der Waals surface area contributed by atoms with Crippen molar-refractivity contribution in [2.45, 2.75) is 25.4 Å². The SMILES string of the molecule is CC1=CN(C)C(=O)C(NC(=O)NC(CC(=O)O)c2cccc(-c3cccc(Cl)c3Cl)c2)C1=O.[NaH]. The van der Waals surface area contributed by atoms with Crippen LogP contribution < -0.4 is 10.6 Å². The number of Topliss-reactive ketones (excluding diaryl/α,β-unsaturated/α-hetero) is 1. The third-order valence-corrected chi connectivity index (χ3v) is 5.96. The predicted molar refractivity (Wildman–Crippen MR) is 131 cm³/mol. The second-order valence-electron chi connectivity index (χ2n) is 7.55. The van der Waals surface area contributed by atoms with Crippen LogP contribution in [0.25, 0.3) is 11.1 Å². The van der Waals surface area contributed by atoms with Crippen molar-refractivity contribution >= 4 is 76.5 Å². The van der Waals surface area contributed by atoms with E-state index in [2.05, 4.69) is 10.6 Å². The first-order valence-electron chi connectivity index (χ1n) is 9.91. The van der Waals surface area contributed by atoms with Crippen molar-refractivity contribution in [3.63, 3.8) is 0 Å². The molecule has 2 atom stereocenters. The van der Waals surface area contributed by atoms with Crippen molar-refractivity contribution in [1.82, 2.24) is 15.5 Å². The summed E-state index contributed by atoms with van der Waals surface area (Å²) in [6.07, 6.45) is 0.964. The number of urea groups is 1. The molecule has 0 saturated heterocycles. The van der Waals surface area contributed by atoms with E-state index in [1.54, 1.807) is 42.5 Å². The predicted octanol–water partition coefficient (Wildman–Crippen LogP) is 3.14. The number of carbonyl (C=O) groups is 4. The summed E-state index contributed by atoms with van der Waals surface area (Å²) in [5.74, 6) is -2.26. The molecule has 1 aliphatic heterocycles. The van der Waals surface area contributed by atoms with E-state index in [4.69, 9.17) is 23.2 Å². The molecule has 2 aromatic carbocycles. The Labute approximate surface area is 228 Å². The summed E-state index contributed by atoms with van der Waals surface area (Å²) in [6, 6.07) is 8.83. The molecule has 1 heterocycles. The Hall–Kier alpha value is -2.36. The van der Waals surface area contributed by atoms with Gasteiger partial charge in [-0.1, -0.05) is 53.5 Å². The molecule has 0 fully saturated rings. The number of carbonyl (C=O) groups excluding carboxylic acids is 3. The fraction of sp³-hybridized carbons (Fsp3) is 0.217. The van der Waals surface area contributed by atoms with E-state index in [9.17, 15) is 24.3 Å². The molecule has 1 aliphatic rings. The van der Waals surface area contributed by atoms with Gasteiger partial charge in [0.2, 0.25) is 0 Å². The second-order valence-corrected chi connectivity index (χ2v) is 8.34. The first kappa shape index (κ1) is 27.9. The molecule has 0 spiro atoms. The number of carboxylic acid groups (broad SMARTS) is 1. The summed E-state index contributed by atoms with van der Waals surface area (Å²) in [6.45, 7) is 1.54. The summed E-state index contributed by atoms with van der Waals surface area (Å²) in [4.78, 5) is 50.0. The van der Waals surface area contributed by atoms with Gasteiger partial charge in [0.25, 0.3) is 5.91 Å². The molecule has 0 aromatic heterocycles. The van der Waals surface area contributed by atoms with Crippen LogP contribution in [0.15, 0.2) is 54.2 Å². The van der Waals surface area contributed by atoms with E-state index >= 15 is 0 Å². The molecular formula is C23H22Cl2N3NaO5. The zero-order chi connectivity index (χ0) is 24.3. The number of nitrogens with one attached hydrogen (secondary N) is 2. The van der Waals surface area contributed by atoms with E-state index in [1.165, 1.54) is 25.1 Å². The van der Waals surface area contributed by atoms with Crippen LogP contribution in [-0.4, -0.2) is 76.3 Å². The molecule has 174 valence electrons. The molecule has 34 heavy (non-hydrogen) atoms. The summed E-state index contributed by atoms with van der Waals surface area (Å²) < 4.78 is 0. The Morgan fingerprint density at radius 2 is 1.82 bits per heavy atom. The number of nitrogens with zero attached hydrogens (tertiary/aromatic N) is 1. The fourth-order valence-electron chi connectivity index (χ4n) is 3.50. The van der Waals surface area contributed by atoms with E-state index in [0.717, 1.165) is 0 Å². The number of likely N-dealkylation sites (N-methyl/N-ethyl adjacent to an activating group) is 1. The van der Waals surface area contributed by atoms with Crippen LogP contribution in [-0.2, 0) is 14.4 Å². The molecule has 3 N–H and O–H groups in total. The first-order chi connectivity index (χ1) is 15.6. The molecule has 0 bridgehead atoms. The van der Waals surface area contributed by atoms with Crippen molar-refractivity contribution in [2.24, 2.45) is 0 Å². The van der Waals surface area contributed by atoms with E-state index in [1.807, 2.05) is 0 Å². The number of hydrogen-bond acceptors (Lipinski definition) is 4. The molecule has 0 saturated carbocycles. The monoisotopic (exact) mass is 513 g/mol. The maximum absolute atomic E-state index is 12.6. The molecule has 2 unspecified atom stereocenters. The number of benzene rings is 2. The van der Waals surface area contributed by atoms with Crippen LogP contribution in [0, 0.1) is 0 Å². The molecule has 8 nitrogen and oxygen atoms in total. The van der Waals surface area contributed by atoms with Gasteiger partial charge >= 0.3 is 41.6 Å². The average Bonchev–Trinajstić information content (AvgIpc) is 2.76. The maximum atomic E-state index is 12.6. The normalized spacial score (nSPS) is 16.3. The Bertz CT molecular complexity index is 1170. The number of halogens is 2. The van der Waals surface area contributed by atoms with Gasteiger partial charge in [-0.2, -0.15) is 0 Å². The van der Waals surface area contributed by atoms with Gasteiger partial charge in [-0.3, -0.25) is 14.4 Å². The first-order valence-corrected chi connectivity index (χ1v) is 10.7. The molecule has 0 radical (unpaired) electrons. The van der Waals surface area contributed by atoms with E-state index in [-0.39, 0.29) is 29.6 Å². The van der Waals surface area contributed by atoms with Crippen LogP contribution in [0.4, 0.5) is 4.79 Å². The summed E-state index contributed by atoms with van der Waals surface area (Å²) >= 11 is 12.4. The molecule has 11 heteroatoms. The van der Waals surface area contributed by atoms with Gasteiger partial charge in [0.15, 0.2) is 11.8 Å². The topological polar surface area (TPSA) is 116 Å². The fourth-order valence-corrected chi connectivity index (χ4v) is 3.91. The van der Waals surface area contributed by atoms with Crippen LogP contribution in [0.1, 0.15) is 24.9 Å². The van der Waals surface area contributed by atoms with Crippen molar-refractivity contribution in [3.05, 3.63) is 69.8 Å². The van der Waals surface area contributed by atoms with Crippen LogP contribution in [0.5, 0.6) is 0 Å². The van der Waals surface area contributed by atoms with Crippen molar-refractivity contribution in [2.75, 3.05) is 7.05 Å². The summed E-state index contributed by atoms with van der Waals surface area (Å²) in [5, 5.41) is 15.0. The van der Waals surface area contributed by atoms with Crippen LogP contribution >= 0.6 is 23.2 Å². The minimum atomic E-state index is -1.39. The van der Waals surface area contributed by atoms with Crippen LogP contribution in [0.2, 0.25) is 10.0 Å². The molecule has 2 aromatic rings. The summed E-state index contributed by atoms with van der Waals surface area (Å²) in [7, 11) is 1.48. The second kappa shape index (κ2) is 11.9. The van der Waals surface area contributed by atoms with Crippen LogP contribution in [0.3, 0.4) is 0 Å². The number of hydrogen-bond donors (Lipinski definition) is 3. The molecule has 3 rings (SSSR count). The Kier molecular flexibility index (Phi) is 9.73.